The topological polar surface area (TPSA) is 87.6 Å². The molecule has 0 aliphatic carbocycles. The summed E-state index contributed by atoms with van der Waals surface area (Å²) >= 11 is 0. The first-order chi connectivity index (χ1) is 13.2. The van der Waals surface area contributed by atoms with E-state index < -0.39 is 0 Å². The van der Waals surface area contributed by atoms with E-state index >= 15 is 0 Å². The van der Waals surface area contributed by atoms with Crippen molar-refractivity contribution in [2.45, 2.75) is 13.0 Å². The van der Waals surface area contributed by atoms with Crippen LogP contribution in [-0.2, 0) is 11.8 Å². The highest BCUT2D eigenvalue weighted by Gasteiger charge is 2.24. The molecule has 4 aromatic heterocycles. The van der Waals surface area contributed by atoms with Gasteiger partial charge in [-0.25, -0.2) is 4.98 Å². The van der Waals surface area contributed by atoms with E-state index in [0.29, 0.717) is 13.2 Å². The molecule has 5 heterocycles. The highest BCUT2D eigenvalue weighted by molar-refractivity contribution is 5.99. The fourth-order valence-corrected chi connectivity index (χ4v) is 3.70. The number of hydrogen-bond donors (Lipinski definition) is 2. The first-order valence-electron chi connectivity index (χ1n) is 9.08. The van der Waals surface area contributed by atoms with Gasteiger partial charge in [0.2, 0.25) is 0 Å². The Kier molecular flexibility index (Phi) is 3.71. The molecule has 27 heavy (non-hydrogen) atoms. The third-order valence-electron chi connectivity index (χ3n) is 5.12. The fourth-order valence-electron chi connectivity index (χ4n) is 3.70. The number of morpholine rings is 1. The van der Waals surface area contributed by atoms with Gasteiger partial charge >= 0.3 is 0 Å². The second-order valence-corrected chi connectivity index (χ2v) is 6.87. The van der Waals surface area contributed by atoms with Gasteiger partial charge in [0.05, 0.1) is 30.6 Å². The molecule has 0 amide bonds. The smallest absolute Gasteiger partial charge is 0.130 e. The predicted molar refractivity (Wildman–Crippen MR) is 104 cm³/mol. The molecule has 0 spiro atoms. The summed E-state index contributed by atoms with van der Waals surface area (Å²) in [6.45, 7) is 4.39. The van der Waals surface area contributed by atoms with Gasteiger partial charge in [-0.15, -0.1) is 0 Å². The van der Waals surface area contributed by atoms with Gasteiger partial charge in [0.25, 0.3) is 0 Å². The van der Waals surface area contributed by atoms with E-state index in [1.165, 1.54) is 0 Å². The summed E-state index contributed by atoms with van der Waals surface area (Å²) in [5.74, 6) is 0.934. The number of aromatic amines is 2. The average molecular weight is 363 g/mol. The van der Waals surface area contributed by atoms with Crippen LogP contribution in [0.5, 0.6) is 0 Å². The van der Waals surface area contributed by atoms with Crippen molar-refractivity contribution in [3.05, 3.63) is 36.7 Å². The molecule has 2 N–H and O–H groups in total. The summed E-state index contributed by atoms with van der Waals surface area (Å²) in [6.07, 6.45) is 3.70. The summed E-state index contributed by atoms with van der Waals surface area (Å²) in [4.78, 5) is 10.5. The number of nitrogens with one attached hydrogen (secondary N) is 2. The SMILES string of the molecule is CC1COCCN1c1cc(-c2ccnn2C)c2n[nH]c(-c3ccc[nH]3)c2n1. The third-order valence-corrected chi connectivity index (χ3v) is 5.12. The number of anilines is 1. The first-order valence-corrected chi connectivity index (χ1v) is 9.08. The van der Waals surface area contributed by atoms with E-state index in [2.05, 4.69) is 38.2 Å². The van der Waals surface area contributed by atoms with E-state index in [4.69, 9.17) is 9.72 Å². The second kappa shape index (κ2) is 6.24. The fraction of sp³-hybridized carbons (Fsp3) is 0.316. The Morgan fingerprint density at radius 2 is 2.19 bits per heavy atom. The van der Waals surface area contributed by atoms with Crippen LogP contribution in [0.2, 0.25) is 0 Å². The lowest BCUT2D eigenvalue weighted by molar-refractivity contribution is 0.0986. The minimum absolute atomic E-state index is 0.268. The minimum atomic E-state index is 0.268. The van der Waals surface area contributed by atoms with E-state index in [0.717, 1.165) is 46.0 Å². The molecular weight excluding hydrogens is 342 g/mol. The van der Waals surface area contributed by atoms with Gasteiger partial charge in [-0.1, -0.05) is 0 Å². The molecule has 138 valence electrons. The van der Waals surface area contributed by atoms with Crippen molar-refractivity contribution in [1.82, 2.24) is 29.9 Å². The molecule has 0 radical (unpaired) electrons. The standard InChI is InChI=1S/C19H21N7O/c1-12-11-27-9-8-26(12)16-10-13(15-5-7-21-25(15)2)17-19(22-16)18(24-23-17)14-4-3-6-20-14/h3-7,10,12,20H,8-9,11H2,1-2H3,(H,23,24). The molecule has 1 fully saturated rings. The Balaban J connectivity index is 1.76. The Morgan fingerprint density at radius 1 is 1.26 bits per heavy atom. The van der Waals surface area contributed by atoms with Crippen molar-refractivity contribution < 1.29 is 4.74 Å². The van der Waals surface area contributed by atoms with Gasteiger partial charge in [0.1, 0.15) is 22.5 Å². The quantitative estimate of drug-likeness (QED) is 0.584. The van der Waals surface area contributed by atoms with E-state index in [9.17, 15) is 0 Å². The first kappa shape index (κ1) is 16.1. The zero-order valence-corrected chi connectivity index (χ0v) is 15.3. The molecule has 0 aromatic carbocycles. The summed E-state index contributed by atoms with van der Waals surface area (Å²) in [7, 11) is 1.94. The van der Waals surface area contributed by atoms with Gasteiger partial charge in [-0.3, -0.25) is 9.78 Å². The van der Waals surface area contributed by atoms with E-state index in [-0.39, 0.29) is 6.04 Å². The Labute approximate surface area is 156 Å². The summed E-state index contributed by atoms with van der Waals surface area (Å²) in [5.41, 5.74) is 5.57. The summed E-state index contributed by atoms with van der Waals surface area (Å²) in [5, 5.41) is 12.1. The predicted octanol–water partition coefficient (Wildman–Crippen LogP) is 2.58. The third kappa shape index (κ3) is 2.60. The molecule has 4 aromatic rings. The molecule has 0 bridgehead atoms. The van der Waals surface area contributed by atoms with Crippen LogP contribution < -0.4 is 4.90 Å². The van der Waals surface area contributed by atoms with Crippen LogP contribution in [0.25, 0.3) is 33.7 Å². The van der Waals surface area contributed by atoms with Gasteiger partial charge in [0, 0.05) is 31.5 Å². The van der Waals surface area contributed by atoms with Crippen molar-refractivity contribution in [2.75, 3.05) is 24.7 Å². The van der Waals surface area contributed by atoms with Crippen LogP contribution >= 0.6 is 0 Å². The van der Waals surface area contributed by atoms with Gasteiger partial charge in [-0.2, -0.15) is 10.2 Å². The van der Waals surface area contributed by atoms with E-state index in [1.807, 2.05) is 36.1 Å². The van der Waals surface area contributed by atoms with Crippen molar-refractivity contribution in [1.29, 1.82) is 0 Å². The number of pyridine rings is 1. The monoisotopic (exact) mass is 363 g/mol. The molecule has 1 atom stereocenters. The zero-order valence-electron chi connectivity index (χ0n) is 15.3. The highest BCUT2D eigenvalue weighted by Crippen LogP contribution is 2.34. The van der Waals surface area contributed by atoms with Crippen LogP contribution in [-0.4, -0.2) is 55.7 Å². The average Bonchev–Trinajstić information content (AvgIpc) is 3.41. The van der Waals surface area contributed by atoms with Crippen molar-refractivity contribution in [2.24, 2.45) is 7.05 Å². The number of ether oxygens (including phenoxy) is 1. The summed E-state index contributed by atoms with van der Waals surface area (Å²) in [6, 6.07) is 8.37. The number of aryl methyl sites for hydroxylation is 1. The molecular formula is C19H21N7O. The van der Waals surface area contributed by atoms with Crippen LogP contribution in [0.15, 0.2) is 36.7 Å². The van der Waals surface area contributed by atoms with Crippen molar-refractivity contribution in [3.8, 4) is 22.6 Å². The number of rotatable bonds is 3. The number of hydrogen-bond acceptors (Lipinski definition) is 5. The van der Waals surface area contributed by atoms with Crippen molar-refractivity contribution >= 4 is 16.9 Å². The Hall–Kier alpha value is -3.13. The maximum atomic E-state index is 5.60. The molecule has 5 rings (SSSR count). The van der Waals surface area contributed by atoms with Crippen LogP contribution in [0, 0.1) is 0 Å². The molecule has 0 saturated carbocycles. The number of fused-ring (bicyclic) bond motifs is 1. The lowest BCUT2D eigenvalue weighted by Gasteiger charge is -2.34. The Bertz CT molecular complexity index is 1080. The molecule has 8 nitrogen and oxygen atoms in total. The lowest BCUT2D eigenvalue weighted by Crippen LogP contribution is -2.44. The minimum Gasteiger partial charge on any atom is -0.377 e. The molecule has 1 saturated heterocycles. The second-order valence-electron chi connectivity index (χ2n) is 6.87. The van der Waals surface area contributed by atoms with Gasteiger partial charge < -0.3 is 14.6 Å². The maximum Gasteiger partial charge on any atom is 0.130 e. The largest absolute Gasteiger partial charge is 0.377 e. The Morgan fingerprint density at radius 3 is 2.93 bits per heavy atom. The molecule has 1 unspecified atom stereocenters. The number of H-pyrrole nitrogens is 2. The molecule has 1 aliphatic heterocycles. The highest BCUT2D eigenvalue weighted by atomic mass is 16.5. The lowest BCUT2D eigenvalue weighted by atomic mass is 10.1. The van der Waals surface area contributed by atoms with Crippen LogP contribution in [0.3, 0.4) is 0 Å². The van der Waals surface area contributed by atoms with Crippen LogP contribution in [0.1, 0.15) is 6.92 Å². The van der Waals surface area contributed by atoms with E-state index in [1.54, 1.807) is 6.20 Å². The number of aromatic nitrogens is 6. The zero-order chi connectivity index (χ0) is 18.4. The van der Waals surface area contributed by atoms with Gasteiger partial charge in [-0.05, 0) is 31.2 Å². The molecule has 1 aliphatic rings. The normalized spacial score (nSPS) is 17.7. The maximum absolute atomic E-state index is 5.60. The molecule has 8 heteroatoms. The van der Waals surface area contributed by atoms with Crippen molar-refractivity contribution in [3.63, 3.8) is 0 Å². The number of nitrogens with zero attached hydrogens (tertiary/aromatic N) is 5. The summed E-state index contributed by atoms with van der Waals surface area (Å²) < 4.78 is 7.47. The van der Waals surface area contributed by atoms with Gasteiger partial charge in [0.15, 0.2) is 0 Å². The van der Waals surface area contributed by atoms with Crippen LogP contribution in [0.4, 0.5) is 5.82 Å².